The Morgan fingerprint density at radius 2 is 1.31 bits per heavy atom. The number of phenolic OH excluding ortho intramolecular Hbond substituents is 2. The Kier molecular flexibility index (Phi) is 12.1. The van der Waals surface area contributed by atoms with Crippen molar-refractivity contribution in [3.8, 4) is 23.3 Å². The van der Waals surface area contributed by atoms with Gasteiger partial charge in [0.1, 0.15) is 11.5 Å². The fourth-order valence-electron chi connectivity index (χ4n) is 3.15. The summed E-state index contributed by atoms with van der Waals surface area (Å²) in [5.41, 5.74) is 1.97. The van der Waals surface area contributed by atoms with Crippen LogP contribution in [0.1, 0.15) is 62.5 Å². The van der Waals surface area contributed by atoms with Gasteiger partial charge in [0.2, 0.25) is 0 Å². The zero-order chi connectivity index (χ0) is 23.9. The molecule has 0 saturated heterocycles. The van der Waals surface area contributed by atoms with Crippen molar-refractivity contribution in [3.05, 3.63) is 59.7 Å². The van der Waals surface area contributed by atoms with E-state index in [4.69, 9.17) is 5.11 Å². The third kappa shape index (κ3) is 9.57. The van der Waals surface area contributed by atoms with Crippen LogP contribution in [-0.4, -0.2) is 36.4 Å². The topological polar surface area (TPSA) is 93.1 Å². The van der Waals surface area contributed by atoms with Crippen LogP contribution >= 0.6 is 0 Å². The highest BCUT2D eigenvalue weighted by atomic mass is 16.5. The molecule has 0 radical (unpaired) electrons. The molecule has 0 aliphatic rings. The third-order valence-electron chi connectivity index (χ3n) is 4.85. The zero-order valence-electron chi connectivity index (χ0n) is 19.1. The maximum Gasteiger partial charge on any atom is 0.307 e. The van der Waals surface area contributed by atoms with Gasteiger partial charge in [-0.25, -0.2) is 0 Å². The lowest BCUT2D eigenvalue weighted by Gasteiger charge is -2.15. The fourth-order valence-corrected chi connectivity index (χ4v) is 3.15. The lowest BCUT2D eigenvalue weighted by Crippen LogP contribution is -2.08. The van der Waals surface area contributed by atoms with Gasteiger partial charge in [-0.2, -0.15) is 0 Å². The summed E-state index contributed by atoms with van der Waals surface area (Å²) in [6, 6.07) is 13.7. The molecule has 172 valence electrons. The van der Waals surface area contributed by atoms with Crippen molar-refractivity contribution in [3.63, 3.8) is 0 Å². The maximum absolute atomic E-state index is 11.3. The maximum atomic E-state index is 11.3. The molecule has 0 aliphatic heterocycles. The molecule has 0 amide bonds. The molecular weight excluding hydrogens is 408 g/mol. The molecule has 0 bridgehead atoms. The molecule has 0 heterocycles. The number of benzene rings is 2. The van der Waals surface area contributed by atoms with Crippen LogP contribution in [0.15, 0.2) is 48.5 Å². The van der Waals surface area contributed by atoms with Gasteiger partial charge >= 0.3 is 11.9 Å². The van der Waals surface area contributed by atoms with Crippen molar-refractivity contribution in [2.24, 2.45) is 0 Å². The number of esters is 2. The highest BCUT2D eigenvalue weighted by molar-refractivity contribution is 5.71. The van der Waals surface area contributed by atoms with Crippen molar-refractivity contribution in [2.75, 3.05) is 14.2 Å². The molecule has 2 aromatic carbocycles. The molecule has 2 rings (SSSR count). The lowest BCUT2D eigenvalue weighted by atomic mass is 9.91. The van der Waals surface area contributed by atoms with Crippen molar-refractivity contribution in [1.29, 1.82) is 0 Å². The summed E-state index contributed by atoms with van der Waals surface area (Å²) in [7, 11) is 2.76. The van der Waals surface area contributed by atoms with E-state index in [1.807, 2.05) is 12.1 Å². The van der Waals surface area contributed by atoms with Gasteiger partial charge in [-0.15, -0.1) is 5.92 Å². The Labute approximate surface area is 190 Å². The van der Waals surface area contributed by atoms with Gasteiger partial charge in [0.15, 0.2) is 0 Å². The smallest absolute Gasteiger partial charge is 0.307 e. The van der Waals surface area contributed by atoms with E-state index in [9.17, 15) is 14.7 Å². The minimum atomic E-state index is -0.291. The number of phenols is 2. The first-order chi connectivity index (χ1) is 15.3. The number of carbonyl (C=O) groups excluding carboxylic acids is 2. The Balaban J connectivity index is 0.000000320. The summed E-state index contributed by atoms with van der Waals surface area (Å²) in [5.74, 6) is 5.70. The second kappa shape index (κ2) is 14.5. The quantitative estimate of drug-likeness (QED) is 0.448. The van der Waals surface area contributed by atoms with E-state index in [1.54, 1.807) is 43.3 Å². The molecule has 0 fully saturated rings. The molecule has 0 unspecified atom stereocenters. The average Bonchev–Trinajstić information content (AvgIpc) is 2.79. The second-order valence-corrected chi connectivity index (χ2v) is 7.18. The number of hydrogen-bond donors (Lipinski definition) is 2. The summed E-state index contributed by atoms with van der Waals surface area (Å²) in [5, 5.41) is 18.4. The predicted octanol–water partition coefficient (Wildman–Crippen LogP) is 4.90. The molecule has 2 atom stereocenters. The van der Waals surface area contributed by atoms with Gasteiger partial charge in [-0.3, -0.25) is 9.59 Å². The van der Waals surface area contributed by atoms with Crippen LogP contribution in [0.2, 0.25) is 0 Å². The molecule has 32 heavy (non-hydrogen) atoms. The Morgan fingerprint density at radius 3 is 1.75 bits per heavy atom. The number of ether oxygens (including phenoxy) is 2. The highest BCUT2D eigenvalue weighted by Crippen LogP contribution is 2.26. The number of hydrogen-bond acceptors (Lipinski definition) is 6. The van der Waals surface area contributed by atoms with Gasteiger partial charge in [-0.05, 0) is 54.7 Å². The second-order valence-electron chi connectivity index (χ2n) is 7.18. The summed E-state index contributed by atoms with van der Waals surface area (Å²) < 4.78 is 9.30. The van der Waals surface area contributed by atoms with Crippen LogP contribution in [0, 0.1) is 11.8 Å². The van der Waals surface area contributed by atoms with E-state index in [0.29, 0.717) is 6.42 Å². The SMILES string of the molecule is CC#C[C@@H](CC(=O)OC)c1ccc(O)cc1.CCC[C@@H](CC(=O)OC)c1ccc(O)cc1. The van der Waals surface area contributed by atoms with Crippen molar-refractivity contribution in [1.82, 2.24) is 0 Å². The van der Waals surface area contributed by atoms with E-state index in [1.165, 1.54) is 14.2 Å². The van der Waals surface area contributed by atoms with Gasteiger partial charge in [0, 0.05) is 0 Å². The molecule has 0 saturated carbocycles. The van der Waals surface area contributed by atoms with Crippen LogP contribution in [0.25, 0.3) is 0 Å². The molecule has 0 aromatic heterocycles. The van der Waals surface area contributed by atoms with E-state index in [0.717, 1.165) is 24.0 Å². The summed E-state index contributed by atoms with van der Waals surface area (Å²) in [6.45, 7) is 3.81. The molecule has 6 nitrogen and oxygen atoms in total. The molecule has 0 aliphatic carbocycles. The van der Waals surface area contributed by atoms with E-state index < -0.39 is 0 Å². The summed E-state index contributed by atoms with van der Waals surface area (Å²) in [6.07, 6.45) is 2.58. The number of rotatable bonds is 8. The minimum Gasteiger partial charge on any atom is -0.508 e. The Morgan fingerprint density at radius 1 is 0.844 bits per heavy atom. The first kappa shape index (κ1) is 26.6. The van der Waals surface area contributed by atoms with E-state index in [-0.39, 0.29) is 41.7 Å². The minimum absolute atomic E-state index is 0.179. The zero-order valence-corrected chi connectivity index (χ0v) is 19.1. The first-order valence-corrected chi connectivity index (χ1v) is 10.5. The summed E-state index contributed by atoms with van der Waals surface area (Å²) >= 11 is 0. The van der Waals surface area contributed by atoms with Crippen LogP contribution in [0.3, 0.4) is 0 Å². The van der Waals surface area contributed by atoms with Gasteiger partial charge in [0.25, 0.3) is 0 Å². The standard InChI is InChI=1S/C13H18O3.C13H14O3/c2*1-3-4-11(9-13(15)16-2)10-5-7-12(14)8-6-10/h5-8,11,14H,3-4,9H2,1-2H3;5-8,11,14H,9H2,1-2H3/t2*11-/m00/s1. The predicted molar refractivity (Wildman–Crippen MR) is 123 cm³/mol. The van der Waals surface area contributed by atoms with Crippen molar-refractivity contribution < 1.29 is 29.3 Å². The molecule has 6 heteroatoms. The van der Waals surface area contributed by atoms with Crippen LogP contribution in [-0.2, 0) is 19.1 Å². The highest BCUT2D eigenvalue weighted by Gasteiger charge is 2.16. The van der Waals surface area contributed by atoms with Crippen molar-refractivity contribution in [2.45, 2.75) is 51.4 Å². The largest absolute Gasteiger partial charge is 0.508 e. The van der Waals surface area contributed by atoms with E-state index >= 15 is 0 Å². The third-order valence-corrected chi connectivity index (χ3v) is 4.85. The number of methoxy groups -OCH3 is 2. The number of aromatic hydroxyl groups is 2. The van der Waals surface area contributed by atoms with Crippen LogP contribution in [0.4, 0.5) is 0 Å². The molecular formula is C26H32O6. The van der Waals surface area contributed by atoms with Crippen LogP contribution in [0.5, 0.6) is 11.5 Å². The Hall–Kier alpha value is -3.46. The molecule has 0 spiro atoms. The molecule has 2 N–H and O–H groups in total. The van der Waals surface area contributed by atoms with Gasteiger partial charge in [0.05, 0.1) is 33.0 Å². The van der Waals surface area contributed by atoms with Gasteiger partial charge < -0.3 is 19.7 Å². The summed E-state index contributed by atoms with van der Waals surface area (Å²) in [4.78, 5) is 22.5. The van der Waals surface area contributed by atoms with E-state index in [2.05, 4.69) is 28.2 Å². The van der Waals surface area contributed by atoms with Crippen molar-refractivity contribution >= 4 is 11.9 Å². The first-order valence-electron chi connectivity index (χ1n) is 10.5. The number of carbonyl (C=O) groups is 2. The average molecular weight is 441 g/mol. The van der Waals surface area contributed by atoms with Crippen LogP contribution < -0.4 is 0 Å². The Bertz CT molecular complexity index is 891. The lowest BCUT2D eigenvalue weighted by molar-refractivity contribution is -0.141. The fraction of sp³-hybridized carbons (Fsp3) is 0.385. The monoisotopic (exact) mass is 440 g/mol. The van der Waals surface area contributed by atoms with Gasteiger partial charge in [-0.1, -0.05) is 43.5 Å². The normalized spacial score (nSPS) is 11.6. The molecule has 2 aromatic rings.